The average Bonchev–Trinajstić information content (AvgIpc) is 3.09. The second-order valence-corrected chi connectivity index (χ2v) is 10.7. The van der Waals surface area contributed by atoms with Crippen LogP contribution < -0.4 is 0 Å². The van der Waals surface area contributed by atoms with Gasteiger partial charge in [0.15, 0.2) is 0 Å². The van der Waals surface area contributed by atoms with E-state index in [1.807, 2.05) is 31.3 Å². The van der Waals surface area contributed by atoms with Gasteiger partial charge in [-0.1, -0.05) is 37.5 Å². The Balaban J connectivity index is 1.76. The molecule has 0 radical (unpaired) electrons. The van der Waals surface area contributed by atoms with E-state index >= 15 is 0 Å². The van der Waals surface area contributed by atoms with Crippen LogP contribution in [0.3, 0.4) is 0 Å². The number of pyridine rings is 1. The van der Waals surface area contributed by atoms with E-state index in [1.54, 1.807) is 0 Å². The zero-order valence-electron chi connectivity index (χ0n) is 18.3. The number of benzene rings is 1. The molecule has 0 aliphatic heterocycles. The van der Waals surface area contributed by atoms with Gasteiger partial charge in [-0.2, -0.15) is 0 Å². The molecule has 3 aromatic rings. The van der Waals surface area contributed by atoms with Gasteiger partial charge in [0.25, 0.3) is 0 Å². The molecule has 1 aromatic carbocycles. The van der Waals surface area contributed by atoms with Gasteiger partial charge in [0.1, 0.15) is 27.8 Å². The highest BCUT2D eigenvalue weighted by atomic mass is 32.2. The number of imidazole rings is 1. The number of sulfone groups is 1. The van der Waals surface area contributed by atoms with Gasteiger partial charge in [0.2, 0.25) is 0 Å². The van der Waals surface area contributed by atoms with E-state index in [0.29, 0.717) is 19.8 Å². The van der Waals surface area contributed by atoms with Gasteiger partial charge in [0, 0.05) is 18.2 Å². The lowest BCUT2D eigenvalue weighted by atomic mass is 9.84. The second kappa shape index (κ2) is 9.22. The van der Waals surface area contributed by atoms with Crippen molar-refractivity contribution in [3.05, 3.63) is 36.3 Å². The van der Waals surface area contributed by atoms with Gasteiger partial charge < -0.3 is 14.0 Å². The predicted octanol–water partition coefficient (Wildman–Crippen LogP) is 3.89. The molecule has 31 heavy (non-hydrogen) atoms. The van der Waals surface area contributed by atoms with Crippen LogP contribution in [-0.2, 0) is 32.5 Å². The van der Waals surface area contributed by atoms with E-state index in [4.69, 9.17) is 14.5 Å². The van der Waals surface area contributed by atoms with Crippen molar-refractivity contribution >= 4 is 31.8 Å². The second-order valence-electron chi connectivity index (χ2n) is 8.48. The molecular formula is C23H31N3O4S. The number of aromatic nitrogens is 3. The minimum atomic E-state index is -3.07. The fourth-order valence-corrected chi connectivity index (χ4v) is 4.91. The maximum absolute atomic E-state index is 11.7. The smallest absolute Gasteiger partial charge is 0.149 e. The molecule has 2 heterocycles. The Labute approximate surface area is 183 Å². The molecule has 0 atom stereocenters. The lowest BCUT2D eigenvalue weighted by Gasteiger charge is -2.38. The van der Waals surface area contributed by atoms with Crippen LogP contribution in [0, 0.1) is 0 Å². The molecule has 0 saturated heterocycles. The van der Waals surface area contributed by atoms with Crippen molar-refractivity contribution in [2.24, 2.45) is 0 Å². The minimum absolute atomic E-state index is 0.0398. The quantitative estimate of drug-likeness (QED) is 0.497. The molecule has 1 fully saturated rings. The summed E-state index contributed by atoms with van der Waals surface area (Å²) in [6, 6.07) is 8.08. The first-order valence-corrected chi connectivity index (χ1v) is 13.1. The number of hydrogen-bond donors (Lipinski definition) is 0. The summed E-state index contributed by atoms with van der Waals surface area (Å²) in [5.74, 6) is 0.893. The first kappa shape index (κ1) is 22.2. The molecule has 0 amide bonds. The van der Waals surface area contributed by atoms with E-state index in [1.165, 1.54) is 12.7 Å². The third-order valence-electron chi connectivity index (χ3n) is 6.07. The largest absolute Gasteiger partial charge is 0.374 e. The Bertz CT molecular complexity index is 1150. The molecular weight excluding hydrogens is 414 g/mol. The topological polar surface area (TPSA) is 83.3 Å². The molecule has 1 aliphatic carbocycles. The molecule has 4 rings (SSSR count). The van der Waals surface area contributed by atoms with Crippen molar-refractivity contribution in [3.63, 3.8) is 0 Å². The highest BCUT2D eigenvalue weighted by Gasteiger charge is 2.35. The molecule has 0 unspecified atom stereocenters. The van der Waals surface area contributed by atoms with Crippen LogP contribution >= 0.6 is 0 Å². The molecule has 7 nitrogen and oxygen atoms in total. The van der Waals surface area contributed by atoms with E-state index in [0.717, 1.165) is 53.4 Å². The summed E-state index contributed by atoms with van der Waals surface area (Å²) < 4.78 is 37.6. The lowest BCUT2D eigenvalue weighted by Crippen LogP contribution is -2.41. The van der Waals surface area contributed by atoms with E-state index in [9.17, 15) is 8.42 Å². The summed E-state index contributed by atoms with van der Waals surface area (Å²) >= 11 is 0. The molecule has 0 spiro atoms. The normalized spacial score (nSPS) is 16.8. The van der Waals surface area contributed by atoms with E-state index in [2.05, 4.69) is 15.6 Å². The van der Waals surface area contributed by atoms with Gasteiger partial charge in [-0.15, -0.1) is 0 Å². The Morgan fingerprint density at radius 3 is 2.65 bits per heavy atom. The molecule has 1 saturated carbocycles. The molecule has 1 aliphatic rings. The lowest BCUT2D eigenvalue weighted by molar-refractivity contribution is -0.0753. The number of ether oxygens (including phenoxy) is 2. The fraction of sp³-hybridized carbons (Fsp3) is 0.565. The van der Waals surface area contributed by atoms with Crippen molar-refractivity contribution in [1.82, 2.24) is 14.5 Å². The van der Waals surface area contributed by atoms with Crippen molar-refractivity contribution in [1.29, 1.82) is 0 Å². The van der Waals surface area contributed by atoms with Crippen LogP contribution in [-0.4, -0.2) is 53.8 Å². The summed E-state index contributed by atoms with van der Waals surface area (Å²) in [6.45, 7) is 3.84. The van der Waals surface area contributed by atoms with Crippen LogP contribution in [0.2, 0.25) is 0 Å². The SMILES string of the molecule is CCOCc1nc2cnc3ccccc3c2n1CC1(OCCS(C)(=O)=O)CCCCC1. The summed E-state index contributed by atoms with van der Waals surface area (Å²) in [4.78, 5) is 9.41. The highest BCUT2D eigenvalue weighted by molar-refractivity contribution is 7.90. The van der Waals surface area contributed by atoms with Gasteiger partial charge in [-0.25, -0.2) is 13.4 Å². The van der Waals surface area contributed by atoms with Crippen LogP contribution in [0.5, 0.6) is 0 Å². The molecule has 0 bridgehead atoms. The number of hydrogen-bond acceptors (Lipinski definition) is 6. The monoisotopic (exact) mass is 445 g/mol. The summed E-state index contributed by atoms with van der Waals surface area (Å²) in [6.07, 6.45) is 8.24. The zero-order chi connectivity index (χ0) is 21.9. The Hall–Kier alpha value is -2.03. The number of fused-ring (bicyclic) bond motifs is 3. The Morgan fingerprint density at radius 1 is 1.13 bits per heavy atom. The van der Waals surface area contributed by atoms with Gasteiger partial charge in [0.05, 0.1) is 41.7 Å². The van der Waals surface area contributed by atoms with Crippen molar-refractivity contribution < 1.29 is 17.9 Å². The third-order valence-corrected chi connectivity index (χ3v) is 6.98. The maximum Gasteiger partial charge on any atom is 0.149 e. The average molecular weight is 446 g/mol. The highest BCUT2D eigenvalue weighted by Crippen LogP contribution is 2.36. The first-order valence-electron chi connectivity index (χ1n) is 11.0. The first-order chi connectivity index (χ1) is 14.9. The van der Waals surface area contributed by atoms with Crippen molar-refractivity contribution in [2.45, 2.75) is 57.8 Å². The third kappa shape index (κ3) is 5.07. The van der Waals surface area contributed by atoms with Gasteiger partial charge >= 0.3 is 0 Å². The van der Waals surface area contributed by atoms with E-state index in [-0.39, 0.29) is 12.4 Å². The zero-order valence-corrected chi connectivity index (χ0v) is 19.2. The van der Waals surface area contributed by atoms with Gasteiger partial charge in [-0.3, -0.25) is 4.98 Å². The van der Waals surface area contributed by atoms with Crippen LogP contribution in [0.25, 0.3) is 21.9 Å². The maximum atomic E-state index is 11.7. The standard InChI is InChI=1S/C23H31N3O4S/c1-3-29-16-21-25-20-15-24-19-10-6-5-9-18(19)22(20)26(21)17-23(11-7-4-8-12-23)30-13-14-31(2,27)28/h5-6,9-10,15H,3-4,7-8,11-14,16-17H2,1-2H3. The van der Waals surface area contributed by atoms with Crippen LogP contribution in [0.1, 0.15) is 44.9 Å². The molecule has 168 valence electrons. The Kier molecular flexibility index (Phi) is 6.60. The van der Waals surface area contributed by atoms with Gasteiger partial charge in [-0.05, 0) is 25.8 Å². The van der Waals surface area contributed by atoms with Crippen LogP contribution in [0.4, 0.5) is 0 Å². The minimum Gasteiger partial charge on any atom is -0.374 e. The number of rotatable bonds is 9. The summed E-state index contributed by atoms with van der Waals surface area (Å²) in [7, 11) is -3.07. The van der Waals surface area contributed by atoms with Crippen molar-refractivity contribution in [3.8, 4) is 0 Å². The summed E-state index contributed by atoms with van der Waals surface area (Å²) in [5, 5.41) is 1.05. The molecule has 8 heteroatoms. The number of para-hydroxylation sites is 1. The van der Waals surface area contributed by atoms with Crippen LogP contribution in [0.15, 0.2) is 30.5 Å². The molecule has 2 aromatic heterocycles. The van der Waals surface area contributed by atoms with Crippen molar-refractivity contribution in [2.75, 3.05) is 25.2 Å². The predicted molar refractivity (Wildman–Crippen MR) is 122 cm³/mol. The molecule has 0 N–H and O–H groups in total. The summed E-state index contributed by atoms with van der Waals surface area (Å²) in [5.41, 5.74) is 2.41. The number of nitrogens with zero attached hydrogens (tertiary/aromatic N) is 3. The van der Waals surface area contributed by atoms with E-state index < -0.39 is 15.4 Å². The fourth-order valence-electron chi connectivity index (χ4n) is 4.53. The Morgan fingerprint density at radius 2 is 1.90 bits per heavy atom.